The third-order valence-electron chi connectivity index (χ3n) is 5.96. The Balaban J connectivity index is 2.07. The number of benzene rings is 2. The van der Waals surface area contributed by atoms with E-state index in [1.165, 1.54) is 27.1 Å². The first-order chi connectivity index (χ1) is 15.5. The number of ether oxygens (including phenoxy) is 4. The van der Waals surface area contributed by atoms with E-state index in [4.69, 9.17) is 31.2 Å². The zero-order valence-electron chi connectivity index (χ0n) is 18.7. The Morgan fingerprint density at radius 3 is 2.25 bits per heavy atom. The Morgan fingerprint density at radius 1 is 1.00 bits per heavy atom. The second-order valence-corrected chi connectivity index (χ2v) is 8.28. The highest BCUT2D eigenvalue weighted by Crippen LogP contribution is 2.40. The molecule has 1 unspecified atom stereocenters. The first-order valence-electron chi connectivity index (χ1n) is 10.7. The molecule has 7 heteroatoms. The van der Waals surface area contributed by atoms with Crippen molar-refractivity contribution in [3.63, 3.8) is 0 Å². The van der Waals surface area contributed by atoms with Gasteiger partial charge in [-0.2, -0.15) is 0 Å². The Morgan fingerprint density at radius 2 is 1.69 bits per heavy atom. The van der Waals surface area contributed by atoms with E-state index in [-0.39, 0.29) is 11.2 Å². The van der Waals surface area contributed by atoms with Crippen molar-refractivity contribution in [3.05, 3.63) is 59.7 Å². The molecule has 1 N–H and O–H groups in total. The molecule has 1 fully saturated rings. The molecule has 0 bridgehead atoms. The maximum absolute atomic E-state index is 12.5. The molecule has 3 atom stereocenters. The smallest absolute Gasteiger partial charge is 0.335 e. The fourth-order valence-electron chi connectivity index (χ4n) is 4.38. The van der Waals surface area contributed by atoms with Crippen LogP contribution in [0.15, 0.2) is 48.5 Å². The SMILES string of the molecule is COC(=O)C(OC)[C@H](C(O)=S)[C@@H](c1ccccc1)c1ccc(OC2CCCC2)c(OC)c1. The lowest BCUT2D eigenvalue weighted by Gasteiger charge is -2.31. The van der Waals surface area contributed by atoms with Crippen molar-refractivity contribution in [1.82, 2.24) is 0 Å². The summed E-state index contributed by atoms with van der Waals surface area (Å²) in [5.41, 5.74) is 1.67. The van der Waals surface area contributed by atoms with E-state index in [1.807, 2.05) is 48.5 Å². The van der Waals surface area contributed by atoms with Crippen molar-refractivity contribution in [2.24, 2.45) is 5.92 Å². The predicted molar refractivity (Wildman–Crippen MR) is 126 cm³/mol. The molecule has 2 aromatic carbocycles. The molecule has 32 heavy (non-hydrogen) atoms. The van der Waals surface area contributed by atoms with Gasteiger partial charge in [-0.1, -0.05) is 36.4 Å². The van der Waals surface area contributed by atoms with Crippen LogP contribution in [0.4, 0.5) is 0 Å². The third-order valence-corrected chi connectivity index (χ3v) is 6.23. The quantitative estimate of drug-likeness (QED) is 0.403. The van der Waals surface area contributed by atoms with Crippen molar-refractivity contribution in [1.29, 1.82) is 0 Å². The van der Waals surface area contributed by atoms with Gasteiger partial charge < -0.3 is 24.1 Å². The van der Waals surface area contributed by atoms with Crippen LogP contribution in [0.3, 0.4) is 0 Å². The van der Waals surface area contributed by atoms with Gasteiger partial charge >= 0.3 is 5.97 Å². The van der Waals surface area contributed by atoms with Gasteiger partial charge in [0.25, 0.3) is 0 Å². The summed E-state index contributed by atoms with van der Waals surface area (Å²) in [5.74, 6) is -0.675. The summed E-state index contributed by atoms with van der Waals surface area (Å²) in [6.07, 6.45) is 3.52. The van der Waals surface area contributed by atoms with Gasteiger partial charge in [-0.15, -0.1) is 0 Å². The molecule has 0 heterocycles. The predicted octanol–water partition coefficient (Wildman–Crippen LogP) is 4.84. The molecule has 0 saturated heterocycles. The molecule has 0 radical (unpaired) electrons. The number of esters is 1. The van der Waals surface area contributed by atoms with Gasteiger partial charge in [-0.3, -0.25) is 0 Å². The number of aliphatic hydroxyl groups is 1. The van der Waals surface area contributed by atoms with Gasteiger partial charge in [-0.25, -0.2) is 4.79 Å². The second-order valence-electron chi connectivity index (χ2n) is 7.87. The molecule has 0 aromatic heterocycles. The maximum atomic E-state index is 12.5. The Hall–Kier alpha value is -2.64. The van der Waals surface area contributed by atoms with Crippen molar-refractivity contribution in [3.8, 4) is 11.5 Å². The summed E-state index contributed by atoms with van der Waals surface area (Å²) in [7, 11) is 4.27. The van der Waals surface area contributed by atoms with E-state index in [0.29, 0.717) is 11.5 Å². The summed E-state index contributed by atoms with van der Waals surface area (Å²) in [6, 6.07) is 15.2. The normalized spacial score (nSPS) is 16.7. The molecule has 0 spiro atoms. The van der Waals surface area contributed by atoms with Crippen molar-refractivity contribution in [2.75, 3.05) is 21.3 Å². The first kappa shape index (κ1) is 24.0. The summed E-state index contributed by atoms with van der Waals surface area (Å²) >= 11 is 5.20. The van der Waals surface area contributed by atoms with Crippen LogP contribution < -0.4 is 9.47 Å². The molecule has 0 amide bonds. The number of methoxy groups -OCH3 is 3. The number of rotatable bonds is 10. The molecule has 172 valence electrons. The lowest BCUT2D eigenvalue weighted by molar-refractivity contribution is -0.154. The highest BCUT2D eigenvalue weighted by Gasteiger charge is 2.40. The van der Waals surface area contributed by atoms with E-state index < -0.39 is 23.9 Å². The number of hydrogen-bond donors (Lipinski definition) is 1. The summed E-state index contributed by atoms with van der Waals surface area (Å²) in [4.78, 5) is 12.5. The lowest BCUT2D eigenvalue weighted by atomic mass is 9.78. The minimum atomic E-state index is -1.08. The zero-order chi connectivity index (χ0) is 23.1. The largest absolute Gasteiger partial charge is 0.502 e. The number of carbonyl (C=O) groups excluding carboxylic acids is 1. The maximum Gasteiger partial charge on any atom is 0.335 e. The Kier molecular flexibility index (Phi) is 8.47. The molecule has 1 saturated carbocycles. The molecule has 0 aliphatic heterocycles. The van der Waals surface area contributed by atoms with Gasteiger partial charge in [0.05, 0.1) is 26.2 Å². The molecule has 6 nitrogen and oxygen atoms in total. The Bertz CT molecular complexity index is 910. The fourth-order valence-corrected chi connectivity index (χ4v) is 4.64. The van der Waals surface area contributed by atoms with Crippen LogP contribution in [0.5, 0.6) is 11.5 Å². The van der Waals surface area contributed by atoms with Crippen LogP contribution >= 0.6 is 12.2 Å². The summed E-state index contributed by atoms with van der Waals surface area (Å²) in [6.45, 7) is 0. The molecule has 3 rings (SSSR count). The standard InChI is InChI=1S/C25H30O6S/c1-28-20-15-17(13-14-19(20)31-18-11-7-8-12-18)21(16-9-5-4-6-10-16)22(25(27)32)23(29-2)24(26)30-3/h4-6,9-10,13-15,18,21-23H,7-8,11-12H2,1-3H3,(H,27,32)/t21-,22+,23?/m0/s1. The lowest BCUT2D eigenvalue weighted by Crippen LogP contribution is -2.40. The molecule has 1 aliphatic rings. The van der Waals surface area contributed by atoms with Gasteiger partial charge in [0.2, 0.25) is 0 Å². The van der Waals surface area contributed by atoms with Crippen molar-refractivity contribution >= 4 is 23.2 Å². The summed E-state index contributed by atoms with van der Waals surface area (Å²) in [5, 5.41) is 10.2. The van der Waals surface area contributed by atoms with Crippen molar-refractivity contribution in [2.45, 2.75) is 43.8 Å². The number of thiocarbonyl (C=S) groups is 1. The molecule has 1 aliphatic carbocycles. The van der Waals surface area contributed by atoms with Crippen LogP contribution in [-0.4, -0.2) is 49.7 Å². The van der Waals surface area contributed by atoms with Gasteiger partial charge in [0, 0.05) is 13.0 Å². The van der Waals surface area contributed by atoms with Gasteiger partial charge in [0.15, 0.2) is 22.7 Å². The molecular formula is C25H30O6S. The third kappa shape index (κ3) is 5.40. The van der Waals surface area contributed by atoms with Crippen LogP contribution in [0.2, 0.25) is 0 Å². The highest BCUT2D eigenvalue weighted by atomic mass is 32.1. The number of hydrogen-bond acceptors (Lipinski definition) is 6. The van der Waals surface area contributed by atoms with Gasteiger partial charge in [0.1, 0.15) is 0 Å². The van der Waals surface area contributed by atoms with Crippen LogP contribution in [-0.2, 0) is 14.3 Å². The molecule has 2 aromatic rings. The van der Waals surface area contributed by atoms with Gasteiger partial charge in [-0.05, 0) is 61.2 Å². The van der Waals surface area contributed by atoms with E-state index >= 15 is 0 Å². The monoisotopic (exact) mass is 458 g/mol. The van der Waals surface area contributed by atoms with E-state index in [2.05, 4.69) is 0 Å². The first-order valence-corrected chi connectivity index (χ1v) is 11.1. The van der Waals surface area contributed by atoms with Crippen molar-refractivity contribution < 1.29 is 28.8 Å². The highest BCUT2D eigenvalue weighted by molar-refractivity contribution is 7.80. The van der Waals surface area contributed by atoms with Crippen LogP contribution in [0.25, 0.3) is 0 Å². The van der Waals surface area contributed by atoms with Crippen LogP contribution in [0.1, 0.15) is 42.7 Å². The number of carbonyl (C=O) groups is 1. The van der Waals surface area contributed by atoms with E-state index in [0.717, 1.165) is 24.0 Å². The van der Waals surface area contributed by atoms with E-state index in [9.17, 15) is 9.90 Å². The number of aliphatic hydroxyl groups excluding tert-OH is 1. The minimum absolute atomic E-state index is 0.189. The van der Waals surface area contributed by atoms with Crippen LogP contribution in [0, 0.1) is 5.92 Å². The van der Waals surface area contributed by atoms with E-state index in [1.54, 1.807) is 7.11 Å². The molecular weight excluding hydrogens is 428 g/mol. The second kappa shape index (κ2) is 11.3. The summed E-state index contributed by atoms with van der Waals surface area (Å²) < 4.78 is 22.2. The minimum Gasteiger partial charge on any atom is -0.502 e. The average Bonchev–Trinajstić information content (AvgIpc) is 3.33. The average molecular weight is 459 g/mol. The topological polar surface area (TPSA) is 74.2 Å². The Labute approximate surface area is 194 Å². The fraction of sp³-hybridized carbons (Fsp3) is 0.440. The zero-order valence-corrected chi connectivity index (χ0v) is 19.5.